The van der Waals surface area contributed by atoms with E-state index in [1.165, 1.54) is 0 Å². The van der Waals surface area contributed by atoms with Gasteiger partial charge in [-0.1, -0.05) is 11.6 Å². The van der Waals surface area contributed by atoms with E-state index in [0.717, 1.165) is 18.2 Å². The van der Waals surface area contributed by atoms with E-state index < -0.39 is 29.1 Å². The van der Waals surface area contributed by atoms with Gasteiger partial charge in [0.1, 0.15) is 0 Å². The largest absolute Gasteiger partial charge is 0.478 e. The smallest absolute Gasteiger partial charge is 0.335 e. The molecule has 0 unspecified atom stereocenters. The fourth-order valence-electron chi connectivity index (χ4n) is 1.79. The predicted molar refractivity (Wildman–Crippen MR) is 85.6 cm³/mol. The lowest BCUT2D eigenvalue weighted by Gasteiger charge is -2.08. The minimum absolute atomic E-state index is 0.186. The molecule has 1 amide bonds. The van der Waals surface area contributed by atoms with Crippen molar-refractivity contribution in [2.75, 3.05) is 11.9 Å². The number of nitrogens with zero attached hydrogens (tertiary/aromatic N) is 1. The Bertz CT molecular complexity index is 791. The Morgan fingerprint density at radius 2 is 1.88 bits per heavy atom. The number of hydrogen-bond acceptors (Lipinski definition) is 5. The summed E-state index contributed by atoms with van der Waals surface area (Å²) in [7, 11) is 0. The van der Waals surface area contributed by atoms with Crippen molar-refractivity contribution in [1.29, 1.82) is 0 Å². The van der Waals surface area contributed by atoms with Crippen molar-refractivity contribution in [2.45, 2.75) is 0 Å². The first-order valence-electron chi connectivity index (χ1n) is 6.57. The molecule has 0 aliphatic heterocycles. The van der Waals surface area contributed by atoms with Crippen LogP contribution in [0.1, 0.15) is 10.4 Å². The van der Waals surface area contributed by atoms with Gasteiger partial charge in [-0.25, -0.2) is 4.79 Å². The molecule has 2 aromatic rings. The number of carboxylic acids is 1. The second-order valence-corrected chi connectivity index (χ2v) is 5.02. The number of ether oxygens (including phenoxy) is 1. The zero-order valence-corrected chi connectivity index (χ0v) is 12.8. The number of nitro benzene ring substituents is 1. The monoisotopic (exact) mass is 350 g/mol. The molecular weight excluding hydrogens is 340 g/mol. The van der Waals surface area contributed by atoms with Gasteiger partial charge < -0.3 is 15.2 Å². The lowest BCUT2D eigenvalue weighted by Crippen LogP contribution is -2.20. The molecule has 0 saturated carbocycles. The minimum atomic E-state index is -1.26. The number of carbonyl (C=O) groups excluding carboxylic acids is 1. The summed E-state index contributed by atoms with van der Waals surface area (Å²) in [6.07, 6.45) is 0. The average Bonchev–Trinajstić information content (AvgIpc) is 2.54. The van der Waals surface area contributed by atoms with Crippen molar-refractivity contribution < 1.29 is 24.4 Å². The molecule has 2 aromatic carbocycles. The van der Waals surface area contributed by atoms with Gasteiger partial charge in [0.15, 0.2) is 12.4 Å². The molecule has 0 bridgehead atoms. The highest BCUT2D eigenvalue weighted by atomic mass is 35.5. The Labute approximate surface area is 140 Å². The molecule has 124 valence electrons. The number of hydrogen-bond donors (Lipinski definition) is 2. The summed E-state index contributed by atoms with van der Waals surface area (Å²) in [6.45, 7) is -0.521. The zero-order chi connectivity index (χ0) is 17.7. The molecule has 0 aromatic heterocycles. The van der Waals surface area contributed by atoms with Crippen LogP contribution in [0.15, 0.2) is 42.5 Å². The number of amides is 1. The number of nitrogens with one attached hydrogen (secondary N) is 1. The first-order chi connectivity index (χ1) is 11.4. The highest BCUT2D eigenvalue weighted by Crippen LogP contribution is 2.28. The molecule has 8 nitrogen and oxygen atoms in total. The topological polar surface area (TPSA) is 119 Å². The van der Waals surface area contributed by atoms with Crippen LogP contribution in [0.3, 0.4) is 0 Å². The van der Waals surface area contributed by atoms with Crippen LogP contribution in [0.5, 0.6) is 5.75 Å². The van der Waals surface area contributed by atoms with E-state index in [1.807, 2.05) is 0 Å². The van der Waals surface area contributed by atoms with E-state index >= 15 is 0 Å². The van der Waals surface area contributed by atoms with Crippen LogP contribution >= 0.6 is 11.6 Å². The predicted octanol–water partition coefficient (Wildman–Crippen LogP) is 2.96. The molecule has 2 N–H and O–H groups in total. The maximum Gasteiger partial charge on any atom is 0.335 e. The summed E-state index contributed by atoms with van der Waals surface area (Å²) in [4.78, 5) is 33.0. The van der Waals surface area contributed by atoms with Crippen molar-refractivity contribution in [3.8, 4) is 5.75 Å². The first-order valence-corrected chi connectivity index (χ1v) is 6.94. The van der Waals surface area contributed by atoms with Crippen molar-refractivity contribution in [1.82, 2.24) is 0 Å². The summed E-state index contributed by atoms with van der Waals surface area (Å²) in [6, 6.07) is 9.41. The van der Waals surface area contributed by atoms with Crippen LogP contribution in [0.4, 0.5) is 11.4 Å². The van der Waals surface area contributed by atoms with Gasteiger partial charge >= 0.3 is 11.7 Å². The Morgan fingerprint density at radius 1 is 1.21 bits per heavy atom. The Morgan fingerprint density at radius 3 is 2.46 bits per heavy atom. The second kappa shape index (κ2) is 7.42. The Kier molecular flexibility index (Phi) is 5.33. The lowest BCUT2D eigenvalue weighted by molar-refractivity contribution is -0.385. The Balaban J connectivity index is 2.08. The van der Waals surface area contributed by atoms with Gasteiger partial charge in [0.2, 0.25) is 0 Å². The number of carboxylic acid groups (broad SMARTS) is 1. The fourth-order valence-corrected chi connectivity index (χ4v) is 1.91. The normalized spacial score (nSPS) is 10.0. The second-order valence-electron chi connectivity index (χ2n) is 4.59. The number of benzene rings is 2. The summed E-state index contributed by atoms with van der Waals surface area (Å²) < 4.78 is 5.10. The quantitative estimate of drug-likeness (QED) is 0.610. The molecule has 9 heteroatoms. The van der Waals surface area contributed by atoms with Gasteiger partial charge in [-0.3, -0.25) is 14.9 Å². The molecule has 0 radical (unpaired) electrons. The molecular formula is C15H11ClN2O6. The highest BCUT2D eigenvalue weighted by molar-refractivity contribution is 6.30. The van der Waals surface area contributed by atoms with Gasteiger partial charge in [-0.15, -0.1) is 0 Å². The third kappa shape index (κ3) is 4.43. The molecule has 0 aliphatic carbocycles. The maximum atomic E-state index is 11.8. The van der Waals surface area contributed by atoms with Crippen molar-refractivity contribution in [3.05, 3.63) is 63.2 Å². The molecule has 0 heterocycles. The summed E-state index contributed by atoms with van der Waals surface area (Å²) >= 11 is 5.73. The Hall–Kier alpha value is -3.13. The number of aromatic carboxylic acids is 1. The molecule has 0 fully saturated rings. The van der Waals surface area contributed by atoms with Gasteiger partial charge in [0.05, 0.1) is 10.5 Å². The summed E-state index contributed by atoms with van der Waals surface area (Å²) in [5.41, 5.74) is -0.144. The summed E-state index contributed by atoms with van der Waals surface area (Å²) in [5, 5.41) is 22.9. The molecule has 0 saturated heterocycles. The standard InChI is InChI=1S/C15H11ClN2O6/c16-10-2-4-11(5-3-10)17-14(19)8-24-13-7-9(15(20)21)1-6-12(13)18(22)23/h1-7H,8H2,(H,17,19)(H,20,21). The van der Waals surface area contributed by atoms with Crippen LogP contribution in [0.25, 0.3) is 0 Å². The lowest BCUT2D eigenvalue weighted by atomic mass is 10.2. The number of carbonyl (C=O) groups is 2. The van der Waals surface area contributed by atoms with E-state index in [9.17, 15) is 19.7 Å². The third-order valence-corrected chi connectivity index (χ3v) is 3.14. The average molecular weight is 351 g/mol. The van der Waals surface area contributed by atoms with Gasteiger partial charge in [0, 0.05) is 22.8 Å². The van der Waals surface area contributed by atoms with Crippen LogP contribution in [-0.4, -0.2) is 28.5 Å². The van der Waals surface area contributed by atoms with Crippen LogP contribution in [-0.2, 0) is 4.79 Å². The van der Waals surface area contributed by atoms with E-state index in [1.54, 1.807) is 24.3 Å². The zero-order valence-electron chi connectivity index (χ0n) is 12.1. The van der Waals surface area contributed by atoms with Gasteiger partial charge in [-0.05, 0) is 30.3 Å². The highest BCUT2D eigenvalue weighted by Gasteiger charge is 2.19. The van der Waals surface area contributed by atoms with E-state index in [-0.39, 0.29) is 11.3 Å². The minimum Gasteiger partial charge on any atom is -0.478 e. The molecule has 0 atom stereocenters. The first kappa shape index (κ1) is 17.2. The van der Waals surface area contributed by atoms with Crippen molar-refractivity contribution >= 4 is 34.9 Å². The van der Waals surface area contributed by atoms with Gasteiger partial charge in [0.25, 0.3) is 5.91 Å². The molecule has 24 heavy (non-hydrogen) atoms. The van der Waals surface area contributed by atoms with Crippen LogP contribution in [0, 0.1) is 10.1 Å². The van der Waals surface area contributed by atoms with E-state index in [2.05, 4.69) is 5.32 Å². The van der Waals surface area contributed by atoms with E-state index in [0.29, 0.717) is 10.7 Å². The fraction of sp³-hybridized carbons (Fsp3) is 0.0667. The van der Waals surface area contributed by atoms with E-state index in [4.69, 9.17) is 21.4 Å². The van der Waals surface area contributed by atoms with Gasteiger partial charge in [-0.2, -0.15) is 0 Å². The van der Waals surface area contributed by atoms with Crippen molar-refractivity contribution in [3.63, 3.8) is 0 Å². The maximum absolute atomic E-state index is 11.8. The van der Waals surface area contributed by atoms with Crippen LogP contribution in [0.2, 0.25) is 5.02 Å². The summed E-state index contributed by atoms with van der Waals surface area (Å²) in [5.74, 6) is -2.13. The third-order valence-electron chi connectivity index (χ3n) is 2.89. The molecule has 2 rings (SSSR count). The molecule has 0 spiro atoms. The molecule has 0 aliphatic rings. The van der Waals surface area contributed by atoms with Crippen LogP contribution < -0.4 is 10.1 Å². The number of nitro groups is 1. The number of halogens is 1. The SMILES string of the molecule is O=C(COc1cc(C(=O)O)ccc1[N+](=O)[O-])Nc1ccc(Cl)cc1. The van der Waals surface area contributed by atoms with Crippen molar-refractivity contribution in [2.24, 2.45) is 0 Å². The number of rotatable bonds is 6. The number of anilines is 1.